The zero-order chi connectivity index (χ0) is 17.8. The van der Waals surface area contributed by atoms with Crippen molar-refractivity contribution in [1.82, 2.24) is 10.2 Å². The Kier molecular flexibility index (Phi) is 6.85. The zero-order valence-electron chi connectivity index (χ0n) is 15.5. The third kappa shape index (κ3) is 4.68. The minimum absolute atomic E-state index is 0. The molecule has 1 spiro atoms. The number of likely N-dealkylation sites (tertiary alicyclic amines) is 1. The van der Waals surface area contributed by atoms with Crippen LogP contribution >= 0.6 is 24.2 Å². The van der Waals surface area contributed by atoms with Crippen molar-refractivity contribution in [3.63, 3.8) is 0 Å². The Bertz CT molecular complexity index is 724. The number of benzene rings is 2. The highest BCUT2D eigenvalue weighted by atomic mass is 35.5. The van der Waals surface area contributed by atoms with Crippen LogP contribution in [0.15, 0.2) is 65.6 Å². The summed E-state index contributed by atoms with van der Waals surface area (Å²) in [7, 11) is 0. The van der Waals surface area contributed by atoms with Crippen LogP contribution in [0.5, 0.6) is 0 Å². The molecule has 144 valence electrons. The average Bonchev–Trinajstić information content (AvgIpc) is 3.16. The summed E-state index contributed by atoms with van der Waals surface area (Å²) in [5.74, 6) is 0.255. The van der Waals surface area contributed by atoms with Gasteiger partial charge in [0.05, 0.1) is 0 Å². The molecule has 1 N–H and O–H groups in total. The molecule has 2 fully saturated rings. The lowest BCUT2D eigenvalue weighted by molar-refractivity contribution is -0.132. The molecule has 0 radical (unpaired) electrons. The van der Waals surface area contributed by atoms with E-state index in [-0.39, 0.29) is 23.6 Å². The Balaban J connectivity index is 0.00000210. The van der Waals surface area contributed by atoms with Crippen LogP contribution in [0.25, 0.3) is 0 Å². The first kappa shape index (κ1) is 20.2. The average molecular weight is 403 g/mol. The number of amides is 1. The van der Waals surface area contributed by atoms with Gasteiger partial charge in [-0.3, -0.25) is 4.79 Å². The summed E-state index contributed by atoms with van der Waals surface area (Å²) in [6.07, 6.45) is 3.52. The predicted octanol–water partition coefficient (Wildman–Crippen LogP) is 4.54. The predicted molar refractivity (Wildman–Crippen MR) is 114 cm³/mol. The van der Waals surface area contributed by atoms with Crippen LogP contribution in [0.4, 0.5) is 0 Å². The molecule has 2 aromatic rings. The molecule has 27 heavy (non-hydrogen) atoms. The first-order chi connectivity index (χ1) is 12.8. The van der Waals surface area contributed by atoms with E-state index in [4.69, 9.17) is 0 Å². The molecule has 0 aromatic heterocycles. The van der Waals surface area contributed by atoms with E-state index in [9.17, 15) is 4.79 Å². The minimum atomic E-state index is -0.172. The summed E-state index contributed by atoms with van der Waals surface area (Å²) in [4.78, 5) is 16.6. The number of nitrogens with one attached hydrogen (secondary N) is 1. The number of hydrogen-bond donors (Lipinski definition) is 1. The van der Waals surface area contributed by atoms with Gasteiger partial charge in [0.25, 0.3) is 0 Å². The van der Waals surface area contributed by atoms with Crippen molar-refractivity contribution in [3.8, 4) is 0 Å². The van der Waals surface area contributed by atoms with Crippen molar-refractivity contribution in [3.05, 3.63) is 66.2 Å². The quantitative estimate of drug-likeness (QED) is 0.762. The van der Waals surface area contributed by atoms with Gasteiger partial charge in [0.15, 0.2) is 0 Å². The van der Waals surface area contributed by atoms with Crippen LogP contribution in [0, 0.1) is 5.41 Å². The molecule has 2 aliphatic rings. The highest BCUT2D eigenvalue weighted by Crippen LogP contribution is 2.40. The molecule has 1 amide bonds. The van der Waals surface area contributed by atoms with Gasteiger partial charge in [-0.2, -0.15) is 0 Å². The number of carbonyl (C=O) groups is 1. The Labute approximate surface area is 172 Å². The largest absolute Gasteiger partial charge is 0.341 e. The Morgan fingerprint density at radius 2 is 1.59 bits per heavy atom. The molecule has 0 bridgehead atoms. The summed E-state index contributed by atoms with van der Waals surface area (Å²) in [6, 6.07) is 20.5. The summed E-state index contributed by atoms with van der Waals surface area (Å²) < 4.78 is 0. The van der Waals surface area contributed by atoms with Gasteiger partial charge in [-0.05, 0) is 48.9 Å². The number of piperidine rings is 1. The third-order valence-electron chi connectivity index (χ3n) is 5.79. The molecule has 2 aliphatic heterocycles. The van der Waals surface area contributed by atoms with Crippen LogP contribution < -0.4 is 5.32 Å². The fourth-order valence-electron chi connectivity index (χ4n) is 4.11. The van der Waals surface area contributed by atoms with Crippen LogP contribution in [0.2, 0.25) is 0 Å². The fraction of sp³-hybridized carbons (Fsp3) is 0.409. The Morgan fingerprint density at radius 3 is 2.19 bits per heavy atom. The van der Waals surface area contributed by atoms with Crippen molar-refractivity contribution >= 4 is 30.1 Å². The maximum absolute atomic E-state index is 13.4. The number of thioether (sulfide) groups is 1. The normalized spacial score (nSPS) is 19.5. The van der Waals surface area contributed by atoms with Crippen molar-refractivity contribution in [1.29, 1.82) is 0 Å². The number of nitrogens with zero attached hydrogens (tertiary/aromatic N) is 1. The number of rotatable bonds is 4. The topological polar surface area (TPSA) is 32.3 Å². The molecule has 2 saturated heterocycles. The van der Waals surface area contributed by atoms with E-state index >= 15 is 0 Å². The maximum Gasteiger partial charge on any atom is 0.240 e. The van der Waals surface area contributed by atoms with Crippen LogP contribution in [-0.2, 0) is 4.79 Å². The molecule has 2 heterocycles. The molecular formula is C22H27ClN2OS. The van der Waals surface area contributed by atoms with Gasteiger partial charge in [0, 0.05) is 24.5 Å². The summed E-state index contributed by atoms with van der Waals surface area (Å²) in [5, 5.41) is 3.33. The van der Waals surface area contributed by atoms with E-state index in [1.165, 1.54) is 6.42 Å². The van der Waals surface area contributed by atoms with Gasteiger partial charge in [-0.25, -0.2) is 0 Å². The highest BCUT2D eigenvalue weighted by Gasteiger charge is 2.39. The third-order valence-corrected chi connectivity index (χ3v) is 7.05. The van der Waals surface area contributed by atoms with Gasteiger partial charge in [-0.15, -0.1) is 24.2 Å². The van der Waals surface area contributed by atoms with Crippen molar-refractivity contribution in [2.24, 2.45) is 5.41 Å². The van der Waals surface area contributed by atoms with Gasteiger partial charge in [0.1, 0.15) is 5.25 Å². The zero-order valence-corrected chi connectivity index (χ0v) is 17.1. The van der Waals surface area contributed by atoms with E-state index < -0.39 is 0 Å². The first-order valence-electron chi connectivity index (χ1n) is 9.52. The smallest absolute Gasteiger partial charge is 0.240 e. The summed E-state index contributed by atoms with van der Waals surface area (Å²) >= 11 is 1.66. The molecule has 0 aliphatic carbocycles. The van der Waals surface area contributed by atoms with Crippen molar-refractivity contribution in [2.75, 3.05) is 26.2 Å². The number of hydrogen-bond acceptors (Lipinski definition) is 3. The first-order valence-corrected chi connectivity index (χ1v) is 10.4. The van der Waals surface area contributed by atoms with Gasteiger partial charge >= 0.3 is 0 Å². The highest BCUT2D eigenvalue weighted by molar-refractivity contribution is 8.00. The van der Waals surface area contributed by atoms with Crippen LogP contribution in [0.3, 0.4) is 0 Å². The van der Waals surface area contributed by atoms with Crippen LogP contribution in [-0.4, -0.2) is 37.0 Å². The van der Waals surface area contributed by atoms with Crippen LogP contribution in [0.1, 0.15) is 30.1 Å². The molecule has 4 rings (SSSR count). The van der Waals surface area contributed by atoms with Crippen molar-refractivity contribution in [2.45, 2.75) is 29.4 Å². The van der Waals surface area contributed by atoms with E-state index in [1.807, 2.05) is 36.4 Å². The molecule has 3 nitrogen and oxygen atoms in total. The SMILES string of the molecule is Cl.O=C(C(Sc1ccccc1)c1ccccc1)N1CCC2(CCNC2)CC1. The summed E-state index contributed by atoms with van der Waals surface area (Å²) in [5.41, 5.74) is 1.53. The lowest BCUT2D eigenvalue weighted by atomic mass is 9.78. The fourth-order valence-corrected chi connectivity index (χ4v) is 5.24. The van der Waals surface area contributed by atoms with Gasteiger partial charge in [0.2, 0.25) is 5.91 Å². The molecule has 5 heteroatoms. The molecule has 1 unspecified atom stereocenters. The van der Waals surface area contributed by atoms with Gasteiger partial charge in [-0.1, -0.05) is 48.5 Å². The lowest BCUT2D eigenvalue weighted by Crippen LogP contribution is -2.45. The molecular weight excluding hydrogens is 376 g/mol. The second kappa shape index (κ2) is 9.13. The second-order valence-corrected chi connectivity index (χ2v) is 8.65. The van der Waals surface area contributed by atoms with E-state index in [0.29, 0.717) is 5.41 Å². The van der Waals surface area contributed by atoms with Crippen molar-refractivity contribution < 1.29 is 4.79 Å². The number of carbonyl (C=O) groups excluding carboxylic acids is 1. The van der Waals surface area contributed by atoms with E-state index in [1.54, 1.807) is 11.8 Å². The standard InChI is InChI=1S/C22H26N2OS.ClH/c25-21(24-15-12-22(13-16-24)11-14-23-17-22)20(18-7-3-1-4-8-18)26-19-9-5-2-6-10-19;/h1-10,20,23H,11-17H2;1H. The number of halogens is 1. The molecule has 2 aromatic carbocycles. The minimum Gasteiger partial charge on any atom is -0.341 e. The Hall–Kier alpha value is -1.49. The second-order valence-electron chi connectivity index (χ2n) is 7.47. The lowest BCUT2D eigenvalue weighted by Gasteiger charge is -2.40. The monoisotopic (exact) mass is 402 g/mol. The van der Waals surface area contributed by atoms with E-state index in [0.717, 1.165) is 49.5 Å². The molecule has 0 saturated carbocycles. The maximum atomic E-state index is 13.4. The van der Waals surface area contributed by atoms with E-state index in [2.05, 4.69) is 34.5 Å². The summed E-state index contributed by atoms with van der Waals surface area (Å²) in [6.45, 7) is 4.03. The molecule has 1 atom stereocenters. The Morgan fingerprint density at radius 1 is 0.963 bits per heavy atom. The van der Waals surface area contributed by atoms with Gasteiger partial charge < -0.3 is 10.2 Å².